The van der Waals surface area contributed by atoms with Crippen molar-refractivity contribution in [2.24, 2.45) is 0 Å². The van der Waals surface area contributed by atoms with Crippen LogP contribution in [0.15, 0.2) is 18.2 Å². The van der Waals surface area contributed by atoms with E-state index in [2.05, 4.69) is 10.3 Å². The zero-order valence-corrected chi connectivity index (χ0v) is 15.8. The third kappa shape index (κ3) is 4.07. The number of hydrogen-bond donors (Lipinski definition) is 2. The predicted molar refractivity (Wildman–Crippen MR) is 99.9 cm³/mol. The highest BCUT2D eigenvalue weighted by molar-refractivity contribution is 6.02. The Labute approximate surface area is 158 Å². The fraction of sp³-hybridized carbons (Fsp3) is 0.400. The summed E-state index contributed by atoms with van der Waals surface area (Å²) in [6, 6.07) is 5.34. The van der Waals surface area contributed by atoms with E-state index in [0.29, 0.717) is 48.1 Å². The summed E-state index contributed by atoms with van der Waals surface area (Å²) in [6.07, 6.45) is 1.53. The minimum Gasteiger partial charge on any atom is -0.492 e. The lowest BCUT2D eigenvalue weighted by atomic mass is 10.0. The normalized spacial score (nSPS) is 12.1. The van der Waals surface area contributed by atoms with Crippen molar-refractivity contribution >= 4 is 11.7 Å². The Kier molecular flexibility index (Phi) is 5.69. The molecule has 0 fully saturated rings. The lowest BCUT2D eigenvalue weighted by molar-refractivity contribution is 0.0941. The maximum atomic E-state index is 12.5. The molecule has 0 atom stereocenters. The molecule has 1 aromatic carbocycles. The summed E-state index contributed by atoms with van der Waals surface area (Å²) in [4.78, 5) is 27.5. The molecule has 144 valence electrons. The van der Waals surface area contributed by atoms with Gasteiger partial charge in [0.1, 0.15) is 18.1 Å². The van der Waals surface area contributed by atoms with Gasteiger partial charge in [0, 0.05) is 17.3 Å². The Morgan fingerprint density at radius 2 is 2.04 bits per heavy atom. The number of ketones is 1. The third-order valence-electron chi connectivity index (χ3n) is 4.37. The number of nitrogens with one attached hydrogen (secondary N) is 2. The van der Waals surface area contributed by atoms with Crippen molar-refractivity contribution < 1.29 is 23.8 Å². The van der Waals surface area contributed by atoms with Crippen LogP contribution in [-0.2, 0) is 6.42 Å². The molecule has 0 radical (unpaired) electrons. The minimum atomic E-state index is -0.233. The lowest BCUT2D eigenvalue weighted by Crippen LogP contribution is -2.29. The number of aromatic nitrogens is 1. The van der Waals surface area contributed by atoms with E-state index in [9.17, 15) is 9.59 Å². The predicted octanol–water partition coefficient (Wildman–Crippen LogP) is 3.02. The number of carbonyl (C=O) groups is 2. The quantitative estimate of drug-likeness (QED) is 0.549. The number of Topliss-reactive ketones (excluding diaryl/α,β-unsaturated/α-hetero) is 1. The van der Waals surface area contributed by atoms with Crippen molar-refractivity contribution in [2.45, 2.75) is 33.6 Å². The second-order valence-corrected chi connectivity index (χ2v) is 6.40. The van der Waals surface area contributed by atoms with Crippen molar-refractivity contribution in [3.8, 4) is 17.2 Å². The van der Waals surface area contributed by atoms with Gasteiger partial charge in [-0.25, -0.2) is 0 Å². The molecule has 7 nitrogen and oxygen atoms in total. The van der Waals surface area contributed by atoms with Crippen LogP contribution < -0.4 is 19.5 Å². The molecule has 0 spiro atoms. The molecule has 1 aliphatic heterocycles. The fourth-order valence-corrected chi connectivity index (χ4v) is 3.24. The first-order valence-corrected chi connectivity index (χ1v) is 9.04. The first-order valence-electron chi connectivity index (χ1n) is 9.04. The van der Waals surface area contributed by atoms with Gasteiger partial charge in [-0.15, -0.1) is 0 Å². The first kappa shape index (κ1) is 18.8. The third-order valence-corrected chi connectivity index (χ3v) is 4.37. The molecule has 7 heteroatoms. The first-order chi connectivity index (χ1) is 13.0. The highest BCUT2D eigenvalue weighted by Gasteiger charge is 2.22. The molecule has 1 aliphatic rings. The Hall–Kier alpha value is -2.96. The van der Waals surface area contributed by atoms with E-state index in [1.54, 1.807) is 18.2 Å². The molecule has 27 heavy (non-hydrogen) atoms. The van der Waals surface area contributed by atoms with Gasteiger partial charge >= 0.3 is 0 Å². The van der Waals surface area contributed by atoms with Crippen molar-refractivity contribution in [3.05, 3.63) is 40.7 Å². The van der Waals surface area contributed by atoms with Crippen LogP contribution in [0.25, 0.3) is 0 Å². The van der Waals surface area contributed by atoms with Crippen LogP contribution in [0.3, 0.4) is 0 Å². The highest BCUT2D eigenvalue weighted by atomic mass is 16.7. The maximum absolute atomic E-state index is 12.5. The van der Waals surface area contributed by atoms with Gasteiger partial charge in [0.2, 0.25) is 6.79 Å². The van der Waals surface area contributed by atoms with E-state index >= 15 is 0 Å². The summed E-state index contributed by atoms with van der Waals surface area (Å²) in [7, 11) is 0. The van der Waals surface area contributed by atoms with E-state index < -0.39 is 0 Å². The van der Waals surface area contributed by atoms with Crippen molar-refractivity contribution in [2.75, 3.05) is 19.9 Å². The number of aromatic amines is 1. The molecule has 2 heterocycles. The summed E-state index contributed by atoms with van der Waals surface area (Å²) in [5.74, 6) is 1.73. The smallest absolute Gasteiger partial charge is 0.268 e. The van der Waals surface area contributed by atoms with Crippen LogP contribution in [0.4, 0.5) is 0 Å². The molecule has 0 saturated carbocycles. The molecular weight excluding hydrogens is 348 g/mol. The SMILES string of the molecule is CCCc1c(C(=O)NCCOc2ccc3c(c2)OCO3)[nH]c(C)c1C(C)=O. The molecule has 1 aromatic heterocycles. The largest absolute Gasteiger partial charge is 0.492 e. The van der Waals surface area contributed by atoms with Crippen LogP contribution in [0.5, 0.6) is 17.2 Å². The van der Waals surface area contributed by atoms with Gasteiger partial charge in [-0.05, 0) is 38.0 Å². The van der Waals surface area contributed by atoms with E-state index in [1.807, 2.05) is 13.8 Å². The Bertz CT molecular complexity index is 856. The van der Waals surface area contributed by atoms with Gasteiger partial charge in [0.15, 0.2) is 17.3 Å². The molecule has 0 bridgehead atoms. The van der Waals surface area contributed by atoms with Crippen molar-refractivity contribution in [1.82, 2.24) is 10.3 Å². The molecule has 2 N–H and O–H groups in total. The summed E-state index contributed by atoms with van der Waals surface area (Å²) in [6.45, 7) is 6.23. The summed E-state index contributed by atoms with van der Waals surface area (Å²) >= 11 is 0. The number of benzene rings is 1. The van der Waals surface area contributed by atoms with Crippen LogP contribution in [0, 0.1) is 6.92 Å². The lowest BCUT2D eigenvalue weighted by Gasteiger charge is -2.09. The Morgan fingerprint density at radius 1 is 1.26 bits per heavy atom. The van der Waals surface area contributed by atoms with Crippen molar-refractivity contribution in [1.29, 1.82) is 0 Å². The number of amides is 1. The van der Waals surface area contributed by atoms with Gasteiger partial charge < -0.3 is 24.5 Å². The van der Waals surface area contributed by atoms with Crippen LogP contribution in [0.2, 0.25) is 0 Å². The maximum Gasteiger partial charge on any atom is 0.268 e. The monoisotopic (exact) mass is 372 g/mol. The van der Waals surface area contributed by atoms with Gasteiger partial charge in [-0.3, -0.25) is 9.59 Å². The Morgan fingerprint density at radius 3 is 2.78 bits per heavy atom. The number of H-pyrrole nitrogens is 1. The van der Waals surface area contributed by atoms with E-state index in [1.165, 1.54) is 6.92 Å². The van der Waals surface area contributed by atoms with Gasteiger partial charge in [0.05, 0.1) is 6.54 Å². The second kappa shape index (κ2) is 8.16. The van der Waals surface area contributed by atoms with Crippen LogP contribution in [0.1, 0.15) is 52.4 Å². The number of aryl methyl sites for hydroxylation is 1. The zero-order chi connectivity index (χ0) is 19.4. The standard InChI is InChI=1S/C20H24N2O5/c1-4-5-15-18(13(3)23)12(2)22-19(15)20(24)21-8-9-25-14-6-7-16-17(10-14)27-11-26-16/h6-7,10,22H,4-5,8-9,11H2,1-3H3,(H,21,24). The van der Waals surface area contributed by atoms with Gasteiger partial charge in [-0.2, -0.15) is 0 Å². The number of fused-ring (bicyclic) bond motifs is 1. The van der Waals surface area contributed by atoms with E-state index in [0.717, 1.165) is 17.7 Å². The molecule has 1 amide bonds. The van der Waals surface area contributed by atoms with Crippen molar-refractivity contribution in [3.63, 3.8) is 0 Å². The summed E-state index contributed by atoms with van der Waals surface area (Å²) in [5.41, 5.74) is 2.60. The number of hydrogen-bond acceptors (Lipinski definition) is 5. The van der Waals surface area contributed by atoms with Crippen LogP contribution >= 0.6 is 0 Å². The Balaban J connectivity index is 1.58. The topological polar surface area (TPSA) is 89.7 Å². The zero-order valence-electron chi connectivity index (χ0n) is 15.8. The van der Waals surface area contributed by atoms with Crippen LogP contribution in [-0.4, -0.2) is 36.6 Å². The summed E-state index contributed by atoms with van der Waals surface area (Å²) in [5, 5.41) is 2.84. The molecule has 0 unspecified atom stereocenters. The van der Waals surface area contributed by atoms with E-state index in [4.69, 9.17) is 14.2 Å². The van der Waals surface area contributed by atoms with Gasteiger partial charge in [-0.1, -0.05) is 13.3 Å². The van der Waals surface area contributed by atoms with E-state index in [-0.39, 0.29) is 18.5 Å². The molecular formula is C20H24N2O5. The average molecular weight is 372 g/mol. The molecule has 2 aromatic rings. The fourth-order valence-electron chi connectivity index (χ4n) is 3.24. The summed E-state index contributed by atoms with van der Waals surface area (Å²) < 4.78 is 16.2. The number of ether oxygens (including phenoxy) is 3. The average Bonchev–Trinajstić information content (AvgIpc) is 3.22. The minimum absolute atomic E-state index is 0.0302. The number of carbonyl (C=O) groups excluding carboxylic acids is 2. The molecule has 0 aliphatic carbocycles. The molecule has 3 rings (SSSR count). The molecule has 0 saturated heterocycles. The highest BCUT2D eigenvalue weighted by Crippen LogP contribution is 2.35. The number of rotatable bonds is 8. The van der Waals surface area contributed by atoms with Gasteiger partial charge in [0.25, 0.3) is 5.91 Å². The second-order valence-electron chi connectivity index (χ2n) is 6.40.